The quantitative estimate of drug-likeness (QED) is 0.904. The highest BCUT2D eigenvalue weighted by atomic mass is 16.5. The number of nitrogens with zero attached hydrogens (tertiary/aromatic N) is 1. The summed E-state index contributed by atoms with van der Waals surface area (Å²) in [7, 11) is 0. The van der Waals surface area contributed by atoms with Gasteiger partial charge in [0.25, 0.3) is 0 Å². The van der Waals surface area contributed by atoms with Crippen molar-refractivity contribution in [2.75, 3.05) is 6.61 Å². The summed E-state index contributed by atoms with van der Waals surface area (Å²) in [4.78, 5) is 11.6. The van der Waals surface area contributed by atoms with Crippen LogP contribution >= 0.6 is 0 Å². The number of ether oxygens (including phenoxy) is 1. The minimum atomic E-state index is -0.486. The van der Waals surface area contributed by atoms with E-state index in [-0.39, 0.29) is 12.3 Å². The van der Waals surface area contributed by atoms with Crippen LogP contribution in [0.3, 0.4) is 0 Å². The minimum absolute atomic E-state index is 0.114. The molecule has 0 atom stereocenters. The van der Waals surface area contributed by atoms with E-state index in [4.69, 9.17) is 10.00 Å². The number of rotatable bonds is 3. The van der Waals surface area contributed by atoms with Crippen molar-refractivity contribution in [3.8, 4) is 11.8 Å². The molecule has 0 fully saturated rings. The number of amides is 1. The monoisotopic (exact) mass is 258 g/mol. The molecule has 1 aromatic rings. The predicted octanol–water partition coefficient (Wildman–Crippen LogP) is 2.28. The molecule has 100 valence electrons. The van der Waals surface area contributed by atoms with Gasteiger partial charge in [-0.2, -0.15) is 5.26 Å². The largest absolute Gasteiger partial charge is 0.493 e. The van der Waals surface area contributed by atoms with Crippen LogP contribution in [0.5, 0.6) is 5.75 Å². The highest BCUT2D eigenvalue weighted by Gasteiger charge is 2.24. The first kappa shape index (κ1) is 13.4. The van der Waals surface area contributed by atoms with E-state index in [2.05, 4.69) is 11.4 Å². The maximum Gasteiger partial charge on any atom is 0.234 e. The molecule has 0 aromatic heterocycles. The topological polar surface area (TPSA) is 62.1 Å². The molecule has 0 unspecified atom stereocenters. The van der Waals surface area contributed by atoms with Crippen LogP contribution in [0.15, 0.2) is 18.2 Å². The van der Waals surface area contributed by atoms with Crippen LogP contribution in [-0.4, -0.2) is 12.5 Å². The van der Waals surface area contributed by atoms with Crippen LogP contribution in [0.4, 0.5) is 0 Å². The molecule has 2 rings (SSSR count). The second kappa shape index (κ2) is 5.31. The molecule has 4 nitrogen and oxygen atoms in total. The van der Waals surface area contributed by atoms with Crippen LogP contribution in [-0.2, 0) is 16.8 Å². The van der Waals surface area contributed by atoms with Crippen molar-refractivity contribution < 1.29 is 9.53 Å². The molecule has 1 amide bonds. The molecular formula is C15H18N2O2. The van der Waals surface area contributed by atoms with Gasteiger partial charge >= 0.3 is 0 Å². The van der Waals surface area contributed by atoms with E-state index in [1.54, 1.807) is 0 Å². The number of nitriles is 1. The molecule has 1 heterocycles. The highest BCUT2D eigenvalue weighted by molar-refractivity contribution is 5.79. The Morgan fingerprint density at radius 3 is 3.05 bits per heavy atom. The van der Waals surface area contributed by atoms with Crippen molar-refractivity contribution in [2.24, 2.45) is 0 Å². The van der Waals surface area contributed by atoms with Gasteiger partial charge in [0.15, 0.2) is 0 Å². The van der Waals surface area contributed by atoms with Crippen molar-refractivity contribution in [3.05, 3.63) is 29.3 Å². The number of hydrogen-bond donors (Lipinski definition) is 1. The maximum absolute atomic E-state index is 11.6. The Labute approximate surface area is 113 Å². The molecule has 0 bridgehead atoms. The van der Waals surface area contributed by atoms with Crippen LogP contribution < -0.4 is 10.1 Å². The number of carbonyl (C=O) groups is 1. The summed E-state index contributed by atoms with van der Waals surface area (Å²) >= 11 is 0. The van der Waals surface area contributed by atoms with E-state index in [9.17, 15) is 4.79 Å². The summed E-state index contributed by atoms with van der Waals surface area (Å²) in [6.07, 6.45) is 1.92. The average molecular weight is 258 g/mol. The number of hydrogen-bond acceptors (Lipinski definition) is 3. The zero-order chi connectivity index (χ0) is 13.9. The summed E-state index contributed by atoms with van der Waals surface area (Å²) in [6, 6.07) is 7.87. The van der Waals surface area contributed by atoms with E-state index in [0.717, 1.165) is 30.8 Å². The van der Waals surface area contributed by atoms with E-state index in [1.807, 2.05) is 32.0 Å². The Kier molecular flexibility index (Phi) is 3.75. The van der Waals surface area contributed by atoms with Gasteiger partial charge in [-0.15, -0.1) is 0 Å². The van der Waals surface area contributed by atoms with Gasteiger partial charge in [-0.1, -0.05) is 6.07 Å². The van der Waals surface area contributed by atoms with Gasteiger partial charge < -0.3 is 10.1 Å². The summed E-state index contributed by atoms with van der Waals surface area (Å²) in [5, 5.41) is 11.4. The molecule has 1 aliphatic rings. The summed E-state index contributed by atoms with van der Waals surface area (Å²) in [5.41, 5.74) is 1.73. The maximum atomic E-state index is 11.6. The lowest BCUT2D eigenvalue weighted by Gasteiger charge is -2.28. The van der Waals surface area contributed by atoms with Gasteiger partial charge in [0, 0.05) is 0 Å². The first-order valence-electron chi connectivity index (χ1n) is 6.47. The molecule has 1 N–H and O–H groups in total. The summed E-state index contributed by atoms with van der Waals surface area (Å²) in [6.45, 7) is 4.65. The Morgan fingerprint density at radius 2 is 2.32 bits per heavy atom. The number of fused-ring (bicyclic) bond motifs is 1. The van der Waals surface area contributed by atoms with E-state index in [1.165, 1.54) is 5.56 Å². The Morgan fingerprint density at radius 1 is 1.53 bits per heavy atom. The van der Waals surface area contributed by atoms with Gasteiger partial charge in [0.1, 0.15) is 12.2 Å². The normalized spacial score (nSPS) is 13.9. The first-order valence-corrected chi connectivity index (χ1v) is 6.47. The van der Waals surface area contributed by atoms with Crippen LogP contribution in [0, 0.1) is 11.3 Å². The van der Waals surface area contributed by atoms with Crippen LogP contribution in [0.1, 0.15) is 37.8 Å². The molecular weight excluding hydrogens is 240 g/mol. The van der Waals surface area contributed by atoms with Crippen LogP contribution in [0.25, 0.3) is 0 Å². The number of aryl methyl sites for hydroxylation is 1. The third kappa shape index (κ3) is 3.05. The summed E-state index contributed by atoms with van der Waals surface area (Å²) < 4.78 is 5.58. The molecule has 0 radical (unpaired) electrons. The molecule has 1 aliphatic heterocycles. The molecule has 4 heteroatoms. The third-order valence-electron chi connectivity index (χ3n) is 3.32. The van der Waals surface area contributed by atoms with Crippen molar-refractivity contribution in [2.45, 2.75) is 38.6 Å². The Balaban J connectivity index is 2.20. The number of nitrogens with one attached hydrogen (secondary N) is 1. The second-order valence-electron chi connectivity index (χ2n) is 5.28. The lowest BCUT2D eigenvalue weighted by molar-refractivity contribution is -0.121. The molecule has 0 saturated heterocycles. The third-order valence-corrected chi connectivity index (χ3v) is 3.32. The van der Waals surface area contributed by atoms with Crippen molar-refractivity contribution >= 4 is 5.91 Å². The minimum Gasteiger partial charge on any atom is -0.493 e. The predicted molar refractivity (Wildman–Crippen MR) is 71.7 cm³/mol. The standard InChI is InChI=1S/C15H18N2O2/c1-15(2,17-14(18)7-8-16)12-5-6-13-11(10-12)4-3-9-19-13/h5-6,10H,3-4,7,9H2,1-2H3,(H,17,18). The lowest BCUT2D eigenvalue weighted by atomic mass is 9.91. The molecule has 0 spiro atoms. The van der Waals surface area contributed by atoms with Gasteiger partial charge in [0.05, 0.1) is 18.2 Å². The van der Waals surface area contributed by atoms with Crippen molar-refractivity contribution in [1.82, 2.24) is 5.32 Å². The van der Waals surface area contributed by atoms with Gasteiger partial charge in [-0.25, -0.2) is 0 Å². The summed E-state index contributed by atoms with van der Waals surface area (Å²) in [5.74, 6) is 0.690. The number of benzene rings is 1. The van der Waals surface area contributed by atoms with Crippen molar-refractivity contribution in [3.63, 3.8) is 0 Å². The average Bonchev–Trinajstić information content (AvgIpc) is 2.37. The smallest absolute Gasteiger partial charge is 0.234 e. The Hall–Kier alpha value is -2.02. The molecule has 19 heavy (non-hydrogen) atoms. The Bertz CT molecular complexity index is 529. The van der Waals surface area contributed by atoms with E-state index >= 15 is 0 Å². The number of carbonyl (C=O) groups excluding carboxylic acids is 1. The van der Waals surface area contributed by atoms with E-state index in [0.29, 0.717) is 0 Å². The fourth-order valence-electron chi connectivity index (χ4n) is 2.29. The zero-order valence-electron chi connectivity index (χ0n) is 11.3. The highest BCUT2D eigenvalue weighted by Crippen LogP contribution is 2.30. The van der Waals surface area contributed by atoms with Crippen molar-refractivity contribution in [1.29, 1.82) is 5.26 Å². The lowest BCUT2D eigenvalue weighted by Crippen LogP contribution is -2.40. The van der Waals surface area contributed by atoms with Gasteiger partial charge in [0.2, 0.25) is 5.91 Å². The van der Waals surface area contributed by atoms with E-state index < -0.39 is 5.54 Å². The SMILES string of the molecule is CC(C)(NC(=O)CC#N)c1ccc2c(c1)CCCO2. The first-order chi connectivity index (χ1) is 9.03. The van der Waals surface area contributed by atoms with Gasteiger partial charge in [-0.05, 0) is 49.9 Å². The molecule has 0 aliphatic carbocycles. The fraction of sp³-hybridized carbons (Fsp3) is 0.467. The van der Waals surface area contributed by atoms with Crippen LogP contribution in [0.2, 0.25) is 0 Å². The fourth-order valence-corrected chi connectivity index (χ4v) is 2.29. The van der Waals surface area contributed by atoms with Gasteiger partial charge in [-0.3, -0.25) is 4.79 Å². The molecule has 1 aromatic carbocycles. The molecule has 0 saturated carbocycles. The second-order valence-corrected chi connectivity index (χ2v) is 5.28. The zero-order valence-corrected chi connectivity index (χ0v) is 11.3.